The van der Waals surface area contributed by atoms with Crippen molar-refractivity contribution in [1.82, 2.24) is 0 Å². The first-order valence-electron chi connectivity index (χ1n) is 6.46. The van der Waals surface area contributed by atoms with Crippen LogP contribution in [0.3, 0.4) is 0 Å². The maximum atomic E-state index is 12.5. The van der Waals surface area contributed by atoms with Gasteiger partial charge in [-0.05, 0) is 36.4 Å². The summed E-state index contributed by atoms with van der Waals surface area (Å²) in [4.78, 5) is 12.3. The van der Waals surface area contributed by atoms with E-state index in [2.05, 4.69) is 0 Å². The first-order valence-corrected chi connectivity index (χ1v) is 7.28. The zero-order valence-electron chi connectivity index (χ0n) is 11.4. The Bertz CT molecular complexity index is 914. The third-order valence-corrected chi connectivity index (χ3v) is 4.22. The Morgan fingerprint density at radius 2 is 1.65 bits per heavy atom. The van der Waals surface area contributed by atoms with Gasteiger partial charge in [0.05, 0.1) is 10.9 Å². The number of benzene rings is 2. The van der Waals surface area contributed by atoms with E-state index in [0.717, 1.165) is 23.9 Å². The van der Waals surface area contributed by atoms with E-state index in [4.69, 9.17) is 4.42 Å². The van der Waals surface area contributed by atoms with Gasteiger partial charge in [-0.25, -0.2) is 4.79 Å². The second kappa shape index (κ2) is 5.66. The van der Waals surface area contributed by atoms with Gasteiger partial charge >= 0.3 is 11.8 Å². The van der Waals surface area contributed by atoms with E-state index in [1.807, 2.05) is 0 Å². The lowest BCUT2D eigenvalue weighted by molar-refractivity contribution is -0.137. The zero-order chi connectivity index (χ0) is 16.6. The predicted molar refractivity (Wildman–Crippen MR) is 79.7 cm³/mol. The van der Waals surface area contributed by atoms with Crippen LogP contribution in [0.15, 0.2) is 67.5 Å². The number of rotatable bonds is 2. The Morgan fingerprint density at radius 1 is 1.00 bits per heavy atom. The second-order valence-electron chi connectivity index (χ2n) is 4.69. The fraction of sp³-hybridized carbons (Fsp3) is 0.0625. The van der Waals surface area contributed by atoms with Gasteiger partial charge in [-0.15, -0.1) is 0 Å². The highest BCUT2D eigenvalue weighted by atomic mass is 32.2. The Hall–Kier alpha value is -2.41. The quantitative estimate of drug-likeness (QED) is 0.690. The van der Waals surface area contributed by atoms with E-state index in [9.17, 15) is 23.1 Å². The largest absolute Gasteiger partial charge is 0.506 e. The summed E-state index contributed by atoms with van der Waals surface area (Å²) in [6.07, 6.45) is -4.42. The number of hydrogen-bond acceptors (Lipinski definition) is 4. The summed E-state index contributed by atoms with van der Waals surface area (Å²) in [6.45, 7) is 0. The maximum Gasteiger partial charge on any atom is 0.416 e. The molecule has 1 heterocycles. The molecule has 0 aliphatic carbocycles. The lowest BCUT2D eigenvalue weighted by atomic mass is 10.2. The van der Waals surface area contributed by atoms with Crippen molar-refractivity contribution in [2.24, 2.45) is 0 Å². The van der Waals surface area contributed by atoms with Gasteiger partial charge in [0.15, 0.2) is 0 Å². The van der Waals surface area contributed by atoms with E-state index < -0.39 is 17.4 Å². The molecule has 3 aromatic rings. The molecule has 3 nitrogen and oxygen atoms in total. The SMILES string of the molecule is O=c1oc2ccccc2c(O)c1Sc1ccc(C(F)(F)F)cc1. The molecular formula is C16H9F3O3S. The molecule has 0 atom stereocenters. The second-order valence-corrected chi connectivity index (χ2v) is 5.77. The van der Waals surface area contributed by atoms with Crippen molar-refractivity contribution in [1.29, 1.82) is 0 Å². The van der Waals surface area contributed by atoms with Crippen LogP contribution in [0.5, 0.6) is 5.75 Å². The van der Waals surface area contributed by atoms with Crippen LogP contribution in [0.1, 0.15) is 5.56 Å². The monoisotopic (exact) mass is 338 g/mol. The fourth-order valence-electron chi connectivity index (χ4n) is 2.04. The third kappa shape index (κ3) is 3.05. The van der Waals surface area contributed by atoms with Crippen LogP contribution in [0.2, 0.25) is 0 Å². The molecule has 0 amide bonds. The van der Waals surface area contributed by atoms with Crippen LogP contribution in [0.25, 0.3) is 11.0 Å². The van der Waals surface area contributed by atoms with Crippen molar-refractivity contribution >= 4 is 22.7 Å². The Labute approximate surface area is 132 Å². The number of fused-ring (bicyclic) bond motifs is 1. The molecule has 1 N–H and O–H groups in total. The van der Waals surface area contributed by atoms with E-state index in [0.29, 0.717) is 10.3 Å². The van der Waals surface area contributed by atoms with Crippen LogP contribution in [-0.2, 0) is 6.18 Å². The minimum Gasteiger partial charge on any atom is -0.506 e. The van der Waals surface area contributed by atoms with Gasteiger partial charge in [-0.2, -0.15) is 13.2 Å². The summed E-state index contributed by atoms with van der Waals surface area (Å²) in [5.74, 6) is -0.248. The van der Waals surface area contributed by atoms with Crippen LogP contribution >= 0.6 is 11.8 Å². The van der Waals surface area contributed by atoms with E-state index in [-0.39, 0.29) is 16.2 Å². The lowest BCUT2D eigenvalue weighted by Crippen LogP contribution is -2.04. The third-order valence-electron chi connectivity index (χ3n) is 3.15. The van der Waals surface area contributed by atoms with Gasteiger partial charge in [-0.1, -0.05) is 23.9 Å². The minimum absolute atomic E-state index is 0.0662. The molecule has 0 aliphatic heterocycles. The minimum atomic E-state index is -4.42. The molecule has 0 unspecified atom stereocenters. The molecule has 1 aromatic heterocycles. The Morgan fingerprint density at radius 3 is 2.30 bits per heavy atom. The average Bonchev–Trinajstić information content (AvgIpc) is 2.51. The van der Waals surface area contributed by atoms with Gasteiger partial charge in [0.2, 0.25) is 0 Å². The van der Waals surface area contributed by atoms with Crippen molar-refractivity contribution in [3.63, 3.8) is 0 Å². The van der Waals surface area contributed by atoms with E-state index >= 15 is 0 Å². The zero-order valence-corrected chi connectivity index (χ0v) is 12.2. The Balaban J connectivity index is 2.00. The summed E-state index contributed by atoms with van der Waals surface area (Å²) in [5.41, 5.74) is -1.28. The molecule has 0 saturated carbocycles. The summed E-state index contributed by atoms with van der Waals surface area (Å²) in [6, 6.07) is 10.8. The smallest absolute Gasteiger partial charge is 0.416 e. The van der Waals surface area contributed by atoms with Gasteiger partial charge in [0.1, 0.15) is 16.2 Å². The highest BCUT2D eigenvalue weighted by Crippen LogP contribution is 2.37. The molecule has 0 radical (unpaired) electrons. The number of para-hydroxylation sites is 1. The van der Waals surface area contributed by atoms with E-state index in [1.165, 1.54) is 12.1 Å². The summed E-state index contributed by atoms with van der Waals surface area (Å²) < 4.78 is 42.7. The van der Waals surface area contributed by atoms with Crippen LogP contribution in [0, 0.1) is 0 Å². The molecule has 0 aliphatic rings. The molecule has 0 bridgehead atoms. The molecule has 0 spiro atoms. The predicted octanol–water partition coefficient (Wildman–Crippen LogP) is 4.67. The lowest BCUT2D eigenvalue weighted by Gasteiger charge is -2.08. The number of hydrogen-bond donors (Lipinski definition) is 1. The average molecular weight is 338 g/mol. The molecule has 118 valence electrons. The fourth-order valence-corrected chi connectivity index (χ4v) is 2.88. The van der Waals surface area contributed by atoms with Crippen LogP contribution in [-0.4, -0.2) is 5.11 Å². The summed E-state index contributed by atoms with van der Waals surface area (Å²) >= 11 is 0.851. The highest BCUT2D eigenvalue weighted by Gasteiger charge is 2.30. The molecule has 3 rings (SSSR count). The van der Waals surface area contributed by atoms with Crippen LogP contribution < -0.4 is 5.63 Å². The topological polar surface area (TPSA) is 50.4 Å². The van der Waals surface area contributed by atoms with Crippen molar-refractivity contribution in [3.8, 4) is 5.75 Å². The van der Waals surface area contributed by atoms with Crippen molar-refractivity contribution in [2.75, 3.05) is 0 Å². The summed E-state index contributed by atoms with van der Waals surface area (Å²) in [7, 11) is 0. The number of aromatic hydroxyl groups is 1. The number of halogens is 3. The first kappa shape index (κ1) is 15.5. The molecule has 0 fully saturated rings. The van der Waals surface area contributed by atoms with Gasteiger partial charge < -0.3 is 9.52 Å². The van der Waals surface area contributed by atoms with Crippen LogP contribution in [0.4, 0.5) is 13.2 Å². The van der Waals surface area contributed by atoms with E-state index in [1.54, 1.807) is 24.3 Å². The first-order chi connectivity index (χ1) is 10.9. The molecule has 2 aromatic carbocycles. The summed E-state index contributed by atoms with van der Waals surface area (Å²) in [5, 5.41) is 10.6. The molecular weight excluding hydrogens is 329 g/mol. The standard InChI is InChI=1S/C16H9F3O3S/c17-16(18,19)9-5-7-10(8-6-9)23-14-13(20)11-3-1-2-4-12(11)22-15(14)21/h1-8,20H. The molecule has 23 heavy (non-hydrogen) atoms. The molecule has 0 saturated heterocycles. The van der Waals surface area contributed by atoms with Gasteiger partial charge in [0, 0.05) is 4.90 Å². The van der Waals surface area contributed by atoms with Crippen molar-refractivity contribution < 1.29 is 22.7 Å². The normalized spacial score (nSPS) is 11.8. The highest BCUT2D eigenvalue weighted by molar-refractivity contribution is 7.99. The van der Waals surface area contributed by atoms with Gasteiger partial charge in [-0.3, -0.25) is 0 Å². The Kier molecular flexibility index (Phi) is 3.81. The maximum absolute atomic E-state index is 12.5. The van der Waals surface area contributed by atoms with Crippen molar-refractivity contribution in [2.45, 2.75) is 16.0 Å². The number of alkyl halides is 3. The van der Waals surface area contributed by atoms with Crippen molar-refractivity contribution in [3.05, 3.63) is 64.5 Å². The molecule has 7 heteroatoms. The van der Waals surface area contributed by atoms with Gasteiger partial charge in [0.25, 0.3) is 0 Å².